The number of hydrogen-bond donors (Lipinski definition) is 3. The summed E-state index contributed by atoms with van der Waals surface area (Å²) in [5.41, 5.74) is 0.934. The van der Waals surface area contributed by atoms with Gasteiger partial charge in [-0.25, -0.2) is 0 Å². The van der Waals surface area contributed by atoms with Crippen LogP contribution in [0.2, 0.25) is 0 Å². The maximum atomic E-state index is 9.92. The monoisotopic (exact) mass is 249 g/mol. The van der Waals surface area contributed by atoms with Crippen LogP contribution in [-0.2, 0) is 5.41 Å². The summed E-state index contributed by atoms with van der Waals surface area (Å²) in [6, 6.07) is 6.53. The Morgan fingerprint density at radius 2 is 1.89 bits per heavy atom. The Morgan fingerprint density at radius 3 is 2.39 bits per heavy atom. The minimum Gasteiger partial charge on any atom is -0.508 e. The minimum absolute atomic E-state index is 0.132. The van der Waals surface area contributed by atoms with Crippen molar-refractivity contribution in [2.45, 2.75) is 44.8 Å². The van der Waals surface area contributed by atoms with Gasteiger partial charge in [0.2, 0.25) is 0 Å². The summed E-state index contributed by atoms with van der Waals surface area (Å²) in [7, 11) is 0. The third-order valence-corrected chi connectivity index (χ3v) is 2.84. The Balaban J connectivity index is 3.10. The van der Waals surface area contributed by atoms with Crippen molar-refractivity contribution in [1.82, 2.24) is 0 Å². The topological polar surface area (TPSA) is 84.5 Å². The number of aliphatic hydroxyl groups excluding tert-OH is 2. The average molecular weight is 249 g/mol. The van der Waals surface area contributed by atoms with Crippen LogP contribution in [0.1, 0.15) is 44.4 Å². The largest absolute Gasteiger partial charge is 0.508 e. The number of benzene rings is 1. The van der Waals surface area contributed by atoms with Gasteiger partial charge in [-0.05, 0) is 28.7 Å². The van der Waals surface area contributed by atoms with Crippen molar-refractivity contribution in [2.75, 3.05) is 0 Å². The predicted molar refractivity (Wildman–Crippen MR) is 68.0 cm³/mol. The molecule has 4 nitrogen and oxygen atoms in total. The van der Waals surface area contributed by atoms with Gasteiger partial charge >= 0.3 is 0 Å². The highest BCUT2D eigenvalue weighted by Gasteiger charge is 2.23. The molecule has 0 aliphatic rings. The van der Waals surface area contributed by atoms with Gasteiger partial charge in [0.1, 0.15) is 11.9 Å². The molecule has 2 unspecified atom stereocenters. The lowest BCUT2D eigenvalue weighted by atomic mass is 9.84. The summed E-state index contributed by atoms with van der Waals surface area (Å²) >= 11 is 0. The first-order chi connectivity index (χ1) is 8.27. The number of nitrogens with zero attached hydrogens (tertiary/aromatic N) is 1. The van der Waals surface area contributed by atoms with Crippen LogP contribution in [0.4, 0.5) is 0 Å². The molecule has 2 atom stereocenters. The van der Waals surface area contributed by atoms with E-state index in [1.54, 1.807) is 12.1 Å². The number of rotatable bonds is 3. The molecule has 1 aromatic carbocycles. The lowest BCUT2D eigenvalue weighted by Crippen LogP contribution is -2.19. The second kappa shape index (κ2) is 5.38. The van der Waals surface area contributed by atoms with Crippen LogP contribution in [0, 0.1) is 11.3 Å². The van der Waals surface area contributed by atoms with E-state index in [0.717, 1.165) is 0 Å². The average Bonchev–Trinajstić information content (AvgIpc) is 2.27. The molecule has 1 rings (SSSR count). The van der Waals surface area contributed by atoms with E-state index in [4.69, 9.17) is 5.26 Å². The molecular weight excluding hydrogens is 230 g/mol. The van der Waals surface area contributed by atoms with Crippen LogP contribution in [-0.4, -0.2) is 21.4 Å². The Morgan fingerprint density at radius 1 is 1.28 bits per heavy atom. The second-order valence-corrected chi connectivity index (χ2v) is 5.40. The van der Waals surface area contributed by atoms with Crippen LogP contribution in [0.5, 0.6) is 5.75 Å². The first-order valence-corrected chi connectivity index (χ1v) is 5.84. The maximum absolute atomic E-state index is 9.92. The van der Waals surface area contributed by atoms with Crippen molar-refractivity contribution in [2.24, 2.45) is 0 Å². The van der Waals surface area contributed by atoms with Gasteiger partial charge in [0, 0.05) is 0 Å². The van der Waals surface area contributed by atoms with E-state index in [1.807, 2.05) is 26.8 Å². The van der Waals surface area contributed by atoms with E-state index >= 15 is 0 Å². The number of aliphatic hydroxyl groups is 2. The Bertz CT molecular complexity index is 457. The third-order valence-electron chi connectivity index (χ3n) is 2.84. The molecule has 0 fully saturated rings. The molecule has 0 saturated carbocycles. The van der Waals surface area contributed by atoms with Gasteiger partial charge in [-0.15, -0.1) is 0 Å². The van der Waals surface area contributed by atoms with Crippen LogP contribution in [0.25, 0.3) is 0 Å². The van der Waals surface area contributed by atoms with Gasteiger partial charge in [0.25, 0.3) is 0 Å². The van der Waals surface area contributed by atoms with Crippen LogP contribution < -0.4 is 0 Å². The summed E-state index contributed by atoms with van der Waals surface area (Å²) in [5, 5.41) is 37.8. The van der Waals surface area contributed by atoms with Crippen molar-refractivity contribution in [3.05, 3.63) is 29.3 Å². The number of nitriles is 1. The lowest BCUT2D eigenvalue weighted by molar-refractivity contribution is 0.0215. The Kier molecular flexibility index (Phi) is 4.33. The SMILES string of the molecule is CC(C)(C)c1cc(C(O)C(O)CC#N)ccc1O. The quantitative estimate of drug-likeness (QED) is 0.765. The Labute approximate surface area is 107 Å². The van der Waals surface area contributed by atoms with Gasteiger partial charge in [-0.3, -0.25) is 0 Å². The highest BCUT2D eigenvalue weighted by atomic mass is 16.3. The Hall–Kier alpha value is -1.57. The van der Waals surface area contributed by atoms with Gasteiger partial charge in [-0.1, -0.05) is 26.8 Å². The molecule has 0 aromatic heterocycles. The zero-order valence-electron chi connectivity index (χ0n) is 10.9. The zero-order chi connectivity index (χ0) is 13.9. The fraction of sp³-hybridized carbons (Fsp3) is 0.500. The zero-order valence-corrected chi connectivity index (χ0v) is 10.9. The second-order valence-electron chi connectivity index (χ2n) is 5.40. The number of phenols is 1. The van der Waals surface area contributed by atoms with E-state index in [0.29, 0.717) is 11.1 Å². The highest BCUT2D eigenvalue weighted by Crippen LogP contribution is 2.33. The van der Waals surface area contributed by atoms with Gasteiger partial charge in [0.15, 0.2) is 0 Å². The van der Waals surface area contributed by atoms with E-state index in [-0.39, 0.29) is 17.6 Å². The molecule has 98 valence electrons. The van der Waals surface area contributed by atoms with E-state index in [2.05, 4.69) is 0 Å². The molecule has 0 spiro atoms. The number of hydrogen-bond acceptors (Lipinski definition) is 4. The predicted octanol–water partition coefficient (Wildman–Crippen LogP) is 2.00. The fourth-order valence-electron chi connectivity index (χ4n) is 1.77. The highest BCUT2D eigenvalue weighted by molar-refractivity contribution is 5.41. The standard InChI is InChI=1S/C14H19NO3/c1-14(2,3)10-8-9(4-5-11(10)16)13(18)12(17)6-7-15/h4-5,8,12-13,16-18H,6H2,1-3H3. The molecule has 0 saturated heterocycles. The molecule has 0 radical (unpaired) electrons. The fourth-order valence-corrected chi connectivity index (χ4v) is 1.77. The van der Waals surface area contributed by atoms with Crippen LogP contribution >= 0.6 is 0 Å². The normalized spacial score (nSPS) is 14.9. The van der Waals surface area contributed by atoms with Crippen LogP contribution in [0.15, 0.2) is 18.2 Å². The molecule has 0 aliphatic heterocycles. The molecule has 4 heteroatoms. The molecule has 0 aliphatic carbocycles. The van der Waals surface area contributed by atoms with Crippen molar-refractivity contribution in [3.63, 3.8) is 0 Å². The summed E-state index contributed by atoms with van der Waals surface area (Å²) in [6.45, 7) is 5.85. The van der Waals surface area contributed by atoms with Crippen molar-refractivity contribution < 1.29 is 15.3 Å². The van der Waals surface area contributed by atoms with Gasteiger partial charge in [-0.2, -0.15) is 5.26 Å². The van der Waals surface area contributed by atoms with E-state index < -0.39 is 12.2 Å². The first-order valence-electron chi connectivity index (χ1n) is 5.84. The molecule has 3 N–H and O–H groups in total. The maximum Gasteiger partial charge on any atom is 0.119 e. The van der Waals surface area contributed by atoms with Crippen molar-refractivity contribution in [1.29, 1.82) is 5.26 Å². The van der Waals surface area contributed by atoms with E-state index in [1.165, 1.54) is 6.07 Å². The van der Waals surface area contributed by atoms with Crippen molar-refractivity contribution in [3.8, 4) is 11.8 Å². The first kappa shape index (κ1) is 14.5. The van der Waals surface area contributed by atoms with Crippen molar-refractivity contribution >= 4 is 0 Å². The number of phenolic OH excluding ortho intramolecular Hbond substituents is 1. The third kappa shape index (κ3) is 3.22. The molecular formula is C14H19NO3. The molecule has 0 amide bonds. The summed E-state index contributed by atoms with van der Waals surface area (Å²) in [4.78, 5) is 0. The van der Waals surface area contributed by atoms with E-state index in [9.17, 15) is 15.3 Å². The molecule has 18 heavy (non-hydrogen) atoms. The summed E-state index contributed by atoms with van der Waals surface area (Å²) in [6.07, 6.45) is -2.37. The summed E-state index contributed by atoms with van der Waals surface area (Å²) < 4.78 is 0. The summed E-state index contributed by atoms with van der Waals surface area (Å²) in [5.74, 6) is 0.160. The number of aromatic hydroxyl groups is 1. The minimum atomic E-state index is -1.12. The lowest BCUT2D eigenvalue weighted by Gasteiger charge is -2.23. The van der Waals surface area contributed by atoms with Crippen LogP contribution in [0.3, 0.4) is 0 Å². The van der Waals surface area contributed by atoms with Gasteiger partial charge in [0.05, 0.1) is 18.6 Å². The smallest absolute Gasteiger partial charge is 0.119 e. The molecule has 0 heterocycles. The molecule has 1 aromatic rings. The molecule has 0 bridgehead atoms. The van der Waals surface area contributed by atoms with Gasteiger partial charge < -0.3 is 15.3 Å².